The van der Waals surface area contributed by atoms with Crippen molar-refractivity contribution in [2.45, 2.75) is 13.0 Å². The van der Waals surface area contributed by atoms with Crippen LogP contribution in [-0.2, 0) is 0 Å². The van der Waals surface area contributed by atoms with E-state index in [0.29, 0.717) is 5.33 Å². The molecule has 4 heteroatoms. The van der Waals surface area contributed by atoms with E-state index in [1.54, 1.807) is 0 Å². The lowest BCUT2D eigenvalue weighted by Crippen LogP contribution is -1.98. The Hall–Kier alpha value is -1.25. The Kier molecular flexibility index (Phi) is 4.95. The fraction of sp³-hybridized carbons (Fsp3) is 0.273. The lowest BCUT2D eigenvalue weighted by molar-refractivity contribution is 0.936. The Morgan fingerprint density at radius 1 is 1.53 bits per heavy atom. The largest absolute Gasteiger partial charge is 0.0920 e. The Labute approximate surface area is 97.6 Å². The Morgan fingerprint density at radius 2 is 2.27 bits per heavy atom. The van der Waals surface area contributed by atoms with E-state index >= 15 is 0 Å². The lowest BCUT2D eigenvalue weighted by atomic mass is 10.1. The van der Waals surface area contributed by atoms with Crippen LogP contribution in [0.25, 0.3) is 16.5 Å². The highest BCUT2D eigenvalue weighted by Crippen LogP contribution is 2.10. The van der Waals surface area contributed by atoms with Crippen molar-refractivity contribution in [3.63, 3.8) is 0 Å². The molecule has 0 aliphatic heterocycles. The number of azide groups is 1. The number of aryl methyl sites for hydroxylation is 1. The zero-order chi connectivity index (χ0) is 11.1. The summed E-state index contributed by atoms with van der Waals surface area (Å²) in [4.78, 5) is 2.79. The minimum Gasteiger partial charge on any atom is -0.0920 e. The predicted octanol–water partition coefficient (Wildman–Crippen LogP) is 4.08. The Morgan fingerprint density at radius 3 is 2.87 bits per heavy atom. The zero-order valence-electron chi connectivity index (χ0n) is 8.47. The van der Waals surface area contributed by atoms with Crippen molar-refractivity contribution in [3.8, 4) is 0 Å². The van der Waals surface area contributed by atoms with E-state index in [4.69, 9.17) is 5.53 Å². The normalized spacial score (nSPS) is 12.4. The van der Waals surface area contributed by atoms with Crippen LogP contribution in [0.2, 0.25) is 0 Å². The number of halogens is 1. The first-order chi connectivity index (χ1) is 7.27. The molecule has 0 fully saturated rings. The molecule has 0 aromatic heterocycles. The summed E-state index contributed by atoms with van der Waals surface area (Å²) in [6, 6.07) is 7.95. The van der Waals surface area contributed by atoms with E-state index in [1.165, 1.54) is 5.56 Å². The molecule has 1 aromatic rings. The highest BCUT2D eigenvalue weighted by atomic mass is 79.9. The Bertz CT molecular complexity index is 395. The van der Waals surface area contributed by atoms with Crippen LogP contribution >= 0.6 is 15.9 Å². The van der Waals surface area contributed by atoms with Gasteiger partial charge in [0.1, 0.15) is 0 Å². The molecule has 0 saturated heterocycles. The lowest BCUT2D eigenvalue weighted by Gasteiger charge is -2.01. The molecular formula is C11H12BrN3. The highest BCUT2D eigenvalue weighted by Gasteiger charge is 1.98. The molecule has 1 aromatic carbocycles. The van der Waals surface area contributed by atoms with Gasteiger partial charge < -0.3 is 0 Å². The van der Waals surface area contributed by atoms with Crippen molar-refractivity contribution < 1.29 is 0 Å². The van der Waals surface area contributed by atoms with Gasteiger partial charge in [-0.05, 0) is 23.6 Å². The summed E-state index contributed by atoms with van der Waals surface area (Å²) in [6.45, 7) is 2.05. The van der Waals surface area contributed by atoms with Crippen LogP contribution in [-0.4, -0.2) is 11.4 Å². The van der Waals surface area contributed by atoms with Crippen molar-refractivity contribution in [1.82, 2.24) is 0 Å². The molecule has 15 heavy (non-hydrogen) atoms. The summed E-state index contributed by atoms with van der Waals surface area (Å²) in [7, 11) is 0. The van der Waals surface area contributed by atoms with Crippen LogP contribution in [0, 0.1) is 6.92 Å². The van der Waals surface area contributed by atoms with Crippen LogP contribution in [0.3, 0.4) is 0 Å². The first kappa shape index (κ1) is 11.8. The summed E-state index contributed by atoms with van der Waals surface area (Å²) < 4.78 is 0. The average molecular weight is 266 g/mol. The van der Waals surface area contributed by atoms with Crippen LogP contribution in [0.15, 0.2) is 35.5 Å². The van der Waals surface area contributed by atoms with E-state index in [1.807, 2.05) is 30.4 Å². The molecule has 0 heterocycles. The molecule has 0 amide bonds. The van der Waals surface area contributed by atoms with Crippen molar-refractivity contribution in [2.75, 3.05) is 5.33 Å². The van der Waals surface area contributed by atoms with Crippen molar-refractivity contribution >= 4 is 22.0 Å². The summed E-state index contributed by atoms with van der Waals surface area (Å²) in [6.07, 6.45) is 3.88. The molecule has 1 unspecified atom stereocenters. The van der Waals surface area contributed by atoms with Gasteiger partial charge in [-0.25, -0.2) is 0 Å². The summed E-state index contributed by atoms with van der Waals surface area (Å²) >= 11 is 3.29. The maximum absolute atomic E-state index is 8.32. The van der Waals surface area contributed by atoms with Gasteiger partial charge in [-0.3, -0.25) is 0 Å². The van der Waals surface area contributed by atoms with E-state index in [0.717, 1.165) is 5.56 Å². The van der Waals surface area contributed by atoms with Crippen LogP contribution < -0.4 is 0 Å². The SMILES string of the molecule is Cc1ccccc1/C=C/C(CBr)N=[N+]=[N-]. The van der Waals surface area contributed by atoms with Crippen LogP contribution in [0.1, 0.15) is 11.1 Å². The minimum absolute atomic E-state index is 0.130. The number of hydrogen-bond donors (Lipinski definition) is 0. The fourth-order valence-corrected chi connectivity index (χ4v) is 1.52. The van der Waals surface area contributed by atoms with Crippen molar-refractivity contribution in [2.24, 2.45) is 5.11 Å². The Balaban J connectivity index is 2.80. The first-order valence-corrected chi connectivity index (χ1v) is 5.74. The van der Waals surface area contributed by atoms with Crippen LogP contribution in [0.4, 0.5) is 0 Å². The van der Waals surface area contributed by atoms with Gasteiger partial charge in [0, 0.05) is 10.2 Å². The van der Waals surface area contributed by atoms with Gasteiger partial charge in [0.2, 0.25) is 0 Å². The average Bonchev–Trinajstić information content (AvgIpc) is 2.26. The number of nitrogens with zero attached hydrogens (tertiary/aromatic N) is 3. The predicted molar refractivity (Wildman–Crippen MR) is 66.9 cm³/mol. The van der Waals surface area contributed by atoms with Gasteiger partial charge in [0.25, 0.3) is 0 Å². The molecule has 0 aliphatic carbocycles. The van der Waals surface area contributed by atoms with Crippen molar-refractivity contribution in [3.05, 3.63) is 51.9 Å². The van der Waals surface area contributed by atoms with Gasteiger partial charge in [-0.1, -0.05) is 57.5 Å². The molecule has 78 valence electrons. The molecule has 3 nitrogen and oxygen atoms in total. The van der Waals surface area contributed by atoms with Gasteiger partial charge in [0.15, 0.2) is 0 Å². The molecule has 0 bridgehead atoms. The van der Waals surface area contributed by atoms with E-state index in [9.17, 15) is 0 Å². The second kappa shape index (κ2) is 6.27. The molecule has 0 N–H and O–H groups in total. The van der Waals surface area contributed by atoms with Gasteiger partial charge in [-0.15, -0.1) is 0 Å². The highest BCUT2D eigenvalue weighted by molar-refractivity contribution is 9.09. The third-order valence-corrected chi connectivity index (χ3v) is 2.71. The number of hydrogen-bond acceptors (Lipinski definition) is 1. The second-order valence-electron chi connectivity index (χ2n) is 3.14. The third kappa shape index (κ3) is 3.78. The summed E-state index contributed by atoms with van der Waals surface area (Å²) in [5.74, 6) is 0. The maximum atomic E-state index is 8.32. The molecule has 1 rings (SSSR count). The van der Waals surface area contributed by atoms with Gasteiger partial charge in [0.05, 0.1) is 6.04 Å². The van der Waals surface area contributed by atoms with Crippen LogP contribution in [0.5, 0.6) is 0 Å². The zero-order valence-corrected chi connectivity index (χ0v) is 10.1. The number of rotatable bonds is 4. The number of benzene rings is 1. The van der Waals surface area contributed by atoms with E-state index in [-0.39, 0.29) is 6.04 Å². The fourth-order valence-electron chi connectivity index (χ4n) is 1.18. The first-order valence-electron chi connectivity index (χ1n) is 4.62. The summed E-state index contributed by atoms with van der Waals surface area (Å²) in [5, 5.41) is 4.27. The second-order valence-corrected chi connectivity index (χ2v) is 3.79. The van der Waals surface area contributed by atoms with Gasteiger partial charge >= 0.3 is 0 Å². The molecule has 1 atom stereocenters. The smallest absolute Gasteiger partial charge is 0.0655 e. The number of alkyl halides is 1. The maximum Gasteiger partial charge on any atom is 0.0655 e. The molecule has 0 aliphatic rings. The van der Waals surface area contributed by atoms with Gasteiger partial charge in [-0.2, -0.15) is 0 Å². The minimum atomic E-state index is -0.130. The quantitative estimate of drug-likeness (QED) is 0.341. The molecule has 0 radical (unpaired) electrons. The standard InChI is InChI=1S/C11H12BrN3/c1-9-4-2-3-5-10(9)6-7-11(8-12)14-15-13/h2-7,11H,8H2,1H3/b7-6+. The van der Waals surface area contributed by atoms with Crippen molar-refractivity contribution in [1.29, 1.82) is 0 Å². The molecule has 0 spiro atoms. The summed E-state index contributed by atoms with van der Waals surface area (Å²) in [5.41, 5.74) is 10.7. The molecular weight excluding hydrogens is 254 g/mol. The molecule has 0 saturated carbocycles. The van der Waals surface area contributed by atoms with E-state index in [2.05, 4.69) is 38.9 Å². The third-order valence-electron chi connectivity index (χ3n) is 2.04. The monoisotopic (exact) mass is 265 g/mol. The van der Waals surface area contributed by atoms with E-state index < -0.39 is 0 Å². The topological polar surface area (TPSA) is 48.8 Å².